The number of nitro groups is 1. The van der Waals surface area contributed by atoms with Gasteiger partial charge in [-0.1, -0.05) is 17.7 Å². The van der Waals surface area contributed by atoms with E-state index in [4.69, 9.17) is 0 Å². The molecule has 0 atom stereocenters. The average molecular weight is 304 g/mol. The maximum Gasteiger partial charge on any atom is 0.282 e. The number of hydrogen-bond acceptors (Lipinski definition) is 4. The van der Waals surface area contributed by atoms with Crippen LogP contribution in [0.3, 0.4) is 0 Å². The van der Waals surface area contributed by atoms with Crippen molar-refractivity contribution in [3.63, 3.8) is 0 Å². The van der Waals surface area contributed by atoms with Gasteiger partial charge in [-0.25, -0.2) is 0 Å². The standard InChI is InChI=1S/C14H12N2O4S/c1-11-2-8-14(9-3-11)21(19,20)15-10-12-4-6-13(7-5-12)16(17)18/h2-10H,1H3/b15-10+. The molecule has 0 fully saturated rings. The normalized spacial score (nSPS) is 11.7. The van der Waals surface area contributed by atoms with Gasteiger partial charge >= 0.3 is 0 Å². The second-order valence-electron chi connectivity index (χ2n) is 4.37. The first kappa shape index (κ1) is 14.9. The molecule has 2 aromatic rings. The van der Waals surface area contributed by atoms with Crippen LogP contribution in [0.5, 0.6) is 0 Å². The van der Waals surface area contributed by atoms with Crippen molar-refractivity contribution in [3.8, 4) is 0 Å². The molecular formula is C14H12N2O4S. The second kappa shape index (κ2) is 5.84. The van der Waals surface area contributed by atoms with Gasteiger partial charge in [0.2, 0.25) is 0 Å². The van der Waals surface area contributed by atoms with Gasteiger partial charge in [0.25, 0.3) is 15.7 Å². The highest BCUT2D eigenvalue weighted by Gasteiger charge is 2.11. The second-order valence-corrected chi connectivity index (χ2v) is 6.00. The molecule has 0 N–H and O–H groups in total. The maximum absolute atomic E-state index is 12.0. The summed E-state index contributed by atoms with van der Waals surface area (Å²) in [4.78, 5) is 10.1. The van der Waals surface area contributed by atoms with E-state index in [0.29, 0.717) is 5.56 Å². The first-order valence-electron chi connectivity index (χ1n) is 6.00. The molecule has 6 nitrogen and oxygen atoms in total. The Labute approximate surface area is 122 Å². The Kier molecular flexibility index (Phi) is 4.13. The smallest absolute Gasteiger partial charge is 0.258 e. The molecule has 0 spiro atoms. The van der Waals surface area contributed by atoms with E-state index in [9.17, 15) is 18.5 Å². The van der Waals surface area contributed by atoms with Gasteiger partial charge in [-0.2, -0.15) is 12.8 Å². The van der Waals surface area contributed by atoms with E-state index < -0.39 is 14.9 Å². The molecule has 0 amide bonds. The summed E-state index contributed by atoms with van der Waals surface area (Å²) in [7, 11) is -3.77. The number of nitrogens with zero attached hydrogens (tertiary/aromatic N) is 2. The highest BCUT2D eigenvalue weighted by Crippen LogP contribution is 2.14. The van der Waals surface area contributed by atoms with Gasteiger partial charge in [-0.3, -0.25) is 10.1 Å². The summed E-state index contributed by atoms with van der Waals surface area (Å²) in [5.41, 5.74) is 1.36. The van der Waals surface area contributed by atoms with E-state index >= 15 is 0 Å². The number of benzene rings is 2. The molecule has 108 valence electrons. The van der Waals surface area contributed by atoms with E-state index in [1.165, 1.54) is 42.6 Å². The predicted molar refractivity (Wildman–Crippen MR) is 79.1 cm³/mol. The van der Waals surface area contributed by atoms with Crippen molar-refractivity contribution in [2.24, 2.45) is 4.40 Å². The van der Waals surface area contributed by atoms with Gasteiger partial charge in [-0.05, 0) is 36.8 Å². The quantitative estimate of drug-likeness (QED) is 0.493. The Bertz CT molecular complexity index is 779. The van der Waals surface area contributed by atoms with Crippen LogP contribution < -0.4 is 0 Å². The van der Waals surface area contributed by atoms with Gasteiger partial charge in [-0.15, -0.1) is 0 Å². The van der Waals surface area contributed by atoms with Crippen LogP contribution in [-0.4, -0.2) is 19.6 Å². The first-order valence-corrected chi connectivity index (χ1v) is 7.44. The molecule has 0 aliphatic heterocycles. The summed E-state index contributed by atoms with van der Waals surface area (Å²) in [6.07, 6.45) is 1.17. The fourth-order valence-electron chi connectivity index (χ4n) is 1.58. The van der Waals surface area contributed by atoms with Crippen LogP contribution in [0.1, 0.15) is 11.1 Å². The Morgan fingerprint density at radius 3 is 2.14 bits per heavy atom. The monoisotopic (exact) mass is 304 g/mol. The van der Waals surface area contributed by atoms with Gasteiger partial charge in [0.1, 0.15) is 0 Å². The largest absolute Gasteiger partial charge is 0.282 e. The zero-order valence-corrected chi connectivity index (χ0v) is 11.9. The summed E-state index contributed by atoms with van der Waals surface area (Å²) in [6, 6.07) is 11.8. The van der Waals surface area contributed by atoms with Crippen LogP contribution in [0.15, 0.2) is 57.8 Å². The summed E-state index contributed by atoms with van der Waals surface area (Å²) >= 11 is 0. The van der Waals surface area contributed by atoms with Crippen molar-refractivity contribution >= 4 is 21.9 Å². The Morgan fingerprint density at radius 1 is 1.05 bits per heavy atom. The van der Waals surface area contributed by atoms with Crippen LogP contribution >= 0.6 is 0 Å². The topological polar surface area (TPSA) is 89.6 Å². The van der Waals surface area contributed by atoms with E-state index in [0.717, 1.165) is 5.56 Å². The molecule has 0 heterocycles. The zero-order chi connectivity index (χ0) is 15.5. The van der Waals surface area contributed by atoms with E-state index in [1.54, 1.807) is 12.1 Å². The lowest BCUT2D eigenvalue weighted by Crippen LogP contribution is -1.98. The van der Waals surface area contributed by atoms with Gasteiger partial charge in [0, 0.05) is 18.3 Å². The molecule has 2 rings (SSSR count). The van der Waals surface area contributed by atoms with Crippen LogP contribution in [0.4, 0.5) is 5.69 Å². The van der Waals surface area contributed by atoms with Gasteiger partial charge in [0.15, 0.2) is 0 Å². The summed E-state index contributed by atoms with van der Waals surface area (Å²) < 4.78 is 27.5. The van der Waals surface area contributed by atoms with Gasteiger partial charge < -0.3 is 0 Å². The van der Waals surface area contributed by atoms with Crippen molar-refractivity contribution in [2.45, 2.75) is 11.8 Å². The van der Waals surface area contributed by atoms with Crippen LogP contribution in [-0.2, 0) is 10.0 Å². The lowest BCUT2D eigenvalue weighted by molar-refractivity contribution is -0.384. The summed E-state index contributed by atoms with van der Waals surface area (Å²) in [5.74, 6) is 0. The van der Waals surface area contributed by atoms with Gasteiger partial charge in [0.05, 0.1) is 9.82 Å². The third-order valence-electron chi connectivity index (χ3n) is 2.76. The van der Waals surface area contributed by atoms with Crippen LogP contribution in [0.25, 0.3) is 0 Å². The van der Waals surface area contributed by atoms with Crippen LogP contribution in [0.2, 0.25) is 0 Å². The Hall–Kier alpha value is -2.54. The van der Waals surface area contributed by atoms with Crippen molar-refractivity contribution in [1.82, 2.24) is 0 Å². The molecule has 0 aromatic heterocycles. The highest BCUT2D eigenvalue weighted by atomic mass is 32.2. The Morgan fingerprint density at radius 2 is 1.62 bits per heavy atom. The molecule has 7 heteroatoms. The molecule has 0 bridgehead atoms. The molecular weight excluding hydrogens is 292 g/mol. The minimum absolute atomic E-state index is 0.0615. The third-order valence-corrected chi connectivity index (χ3v) is 4.01. The number of aryl methyl sites for hydroxylation is 1. The molecule has 0 saturated carbocycles. The van der Waals surface area contributed by atoms with Crippen molar-refractivity contribution in [2.75, 3.05) is 0 Å². The van der Waals surface area contributed by atoms with E-state index in [2.05, 4.69) is 4.40 Å². The molecule has 0 saturated heterocycles. The van der Waals surface area contributed by atoms with Crippen molar-refractivity contribution in [1.29, 1.82) is 0 Å². The predicted octanol–water partition coefficient (Wildman–Crippen LogP) is 2.71. The number of nitro benzene ring substituents is 1. The fourth-order valence-corrected chi connectivity index (χ4v) is 2.45. The summed E-state index contributed by atoms with van der Waals surface area (Å²) in [5, 5.41) is 10.5. The highest BCUT2D eigenvalue weighted by molar-refractivity contribution is 7.90. The van der Waals surface area contributed by atoms with E-state index in [1.807, 2.05) is 6.92 Å². The minimum atomic E-state index is -3.77. The lowest BCUT2D eigenvalue weighted by atomic mass is 10.2. The number of non-ortho nitro benzene ring substituents is 1. The lowest BCUT2D eigenvalue weighted by Gasteiger charge is -1.99. The number of hydrogen-bond donors (Lipinski definition) is 0. The molecule has 0 radical (unpaired) electrons. The number of sulfonamides is 1. The van der Waals surface area contributed by atoms with E-state index in [-0.39, 0.29) is 10.6 Å². The molecule has 0 aliphatic rings. The Balaban J connectivity index is 2.23. The van der Waals surface area contributed by atoms with Crippen molar-refractivity contribution in [3.05, 3.63) is 69.8 Å². The average Bonchev–Trinajstić information content (AvgIpc) is 2.46. The first-order chi connectivity index (χ1) is 9.88. The molecule has 21 heavy (non-hydrogen) atoms. The SMILES string of the molecule is Cc1ccc(S(=O)(=O)/N=C/c2ccc([N+](=O)[O-])cc2)cc1. The molecule has 0 aliphatic carbocycles. The number of rotatable bonds is 4. The molecule has 2 aromatic carbocycles. The zero-order valence-electron chi connectivity index (χ0n) is 11.1. The van der Waals surface area contributed by atoms with Crippen LogP contribution in [0, 0.1) is 17.0 Å². The molecule has 0 unspecified atom stereocenters. The maximum atomic E-state index is 12.0. The minimum Gasteiger partial charge on any atom is -0.258 e. The van der Waals surface area contributed by atoms with Crippen molar-refractivity contribution < 1.29 is 13.3 Å². The third kappa shape index (κ3) is 3.73. The fraction of sp³-hybridized carbons (Fsp3) is 0.0714. The summed E-state index contributed by atoms with van der Waals surface area (Å²) in [6.45, 7) is 1.86.